The third-order valence-corrected chi connectivity index (χ3v) is 5.58. The second-order valence-electron chi connectivity index (χ2n) is 7.47. The zero-order chi connectivity index (χ0) is 20.8. The topological polar surface area (TPSA) is 70.0 Å². The molecule has 2 aliphatic rings. The van der Waals surface area contributed by atoms with Crippen molar-refractivity contribution in [3.63, 3.8) is 0 Å². The number of carbonyl (C=O) groups is 1. The van der Waals surface area contributed by atoms with Gasteiger partial charge in [0.15, 0.2) is 0 Å². The Hall–Kier alpha value is -1.64. The fourth-order valence-electron chi connectivity index (χ4n) is 3.97. The van der Waals surface area contributed by atoms with E-state index in [0.717, 1.165) is 26.1 Å². The van der Waals surface area contributed by atoms with Gasteiger partial charge in [0.25, 0.3) is 0 Å². The molecule has 2 atom stereocenters. The summed E-state index contributed by atoms with van der Waals surface area (Å²) in [7, 11) is 1.72. The number of rotatable bonds is 4. The zero-order valence-corrected chi connectivity index (χ0v) is 16.0. The molecule has 0 bridgehead atoms. The average molecular weight is 403 g/mol. The molecule has 1 saturated heterocycles. The van der Waals surface area contributed by atoms with E-state index in [0.29, 0.717) is 5.92 Å². The van der Waals surface area contributed by atoms with E-state index >= 15 is 0 Å². The molecule has 2 N–H and O–H groups in total. The summed E-state index contributed by atoms with van der Waals surface area (Å²) < 4.78 is 37.3. The van der Waals surface area contributed by atoms with E-state index in [2.05, 4.69) is 29.2 Å². The fraction of sp³-hybridized carbons (Fsp3) is 0.650. The monoisotopic (exact) mass is 403 g/mol. The Morgan fingerprint density at radius 1 is 1.32 bits per heavy atom. The van der Waals surface area contributed by atoms with Crippen molar-refractivity contribution >= 4 is 5.97 Å². The van der Waals surface area contributed by atoms with Gasteiger partial charge in [-0.1, -0.05) is 30.7 Å². The van der Waals surface area contributed by atoms with Crippen molar-refractivity contribution in [3.05, 3.63) is 35.4 Å². The van der Waals surface area contributed by atoms with Crippen molar-refractivity contribution in [2.45, 2.75) is 49.8 Å². The molecular weight excluding hydrogens is 375 g/mol. The first-order valence-corrected chi connectivity index (χ1v) is 9.47. The normalized spacial score (nSPS) is 25.4. The van der Waals surface area contributed by atoms with Crippen LogP contribution >= 0.6 is 0 Å². The SMILES string of the molecule is COC1(CO)CCN(CC2CCCCc3ccccc32)C1.O=C(O)C(F)(F)F. The summed E-state index contributed by atoms with van der Waals surface area (Å²) in [6.45, 7) is 3.12. The Morgan fingerprint density at radius 3 is 2.57 bits per heavy atom. The van der Waals surface area contributed by atoms with Crippen molar-refractivity contribution in [1.29, 1.82) is 0 Å². The van der Waals surface area contributed by atoms with Crippen LogP contribution in [0.15, 0.2) is 24.3 Å². The maximum atomic E-state index is 10.6. The molecule has 158 valence electrons. The molecule has 3 rings (SSSR count). The third-order valence-electron chi connectivity index (χ3n) is 5.58. The van der Waals surface area contributed by atoms with Crippen LogP contribution < -0.4 is 0 Å². The highest BCUT2D eigenvalue weighted by atomic mass is 19.4. The minimum Gasteiger partial charge on any atom is -0.475 e. The number of hydrogen-bond acceptors (Lipinski definition) is 4. The van der Waals surface area contributed by atoms with E-state index in [4.69, 9.17) is 14.6 Å². The molecule has 1 aliphatic heterocycles. The Labute approximate surface area is 163 Å². The summed E-state index contributed by atoms with van der Waals surface area (Å²) in [5.41, 5.74) is 2.76. The van der Waals surface area contributed by atoms with E-state index in [-0.39, 0.29) is 12.2 Å². The molecule has 28 heavy (non-hydrogen) atoms. The predicted octanol–water partition coefficient (Wildman–Crippen LogP) is 3.21. The van der Waals surface area contributed by atoms with E-state index in [1.807, 2.05) is 0 Å². The van der Waals surface area contributed by atoms with Gasteiger partial charge in [-0.15, -0.1) is 0 Å². The first-order chi connectivity index (χ1) is 13.2. The minimum atomic E-state index is -5.08. The summed E-state index contributed by atoms with van der Waals surface area (Å²) in [6, 6.07) is 8.95. The Bertz CT molecular complexity index is 647. The molecule has 2 unspecified atom stereocenters. The molecule has 1 aromatic carbocycles. The van der Waals surface area contributed by atoms with Gasteiger partial charge in [-0.2, -0.15) is 13.2 Å². The number of aliphatic hydroxyl groups excluding tert-OH is 1. The van der Waals surface area contributed by atoms with Gasteiger partial charge in [-0.05, 0) is 42.7 Å². The summed E-state index contributed by atoms with van der Waals surface area (Å²) in [4.78, 5) is 11.4. The fourth-order valence-corrected chi connectivity index (χ4v) is 3.97. The second kappa shape index (κ2) is 9.71. The van der Waals surface area contributed by atoms with Crippen LogP contribution in [0.2, 0.25) is 0 Å². The van der Waals surface area contributed by atoms with Crippen molar-refractivity contribution < 1.29 is 32.9 Å². The number of halogens is 3. The first kappa shape index (κ1) is 22.6. The number of fused-ring (bicyclic) bond motifs is 1. The number of aliphatic carboxylic acids is 1. The quantitative estimate of drug-likeness (QED) is 0.756. The van der Waals surface area contributed by atoms with E-state index in [9.17, 15) is 18.3 Å². The number of aliphatic hydroxyl groups is 1. The predicted molar refractivity (Wildman–Crippen MR) is 98.3 cm³/mol. The standard InChI is InChI=1S/C18H27NO2.C2HF3O2/c1-21-18(14-20)10-11-19(13-18)12-16-8-3-2-6-15-7-4-5-9-17(15)16;3-2(4,5)1(6)7/h4-5,7,9,16,20H,2-3,6,8,10-14H2,1H3;(H,6,7). The number of carboxylic acid groups (broad SMARTS) is 1. The molecule has 0 saturated carbocycles. The maximum Gasteiger partial charge on any atom is 0.490 e. The highest BCUT2D eigenvalue weighted by Crippen LogP contribution is 2.33. The Kier molecular flexibility index (Phi) is 7.86. The van der Waals surface area contributed by atoms with Gasteiger partial charge in [0.05, 0.1) is 6.61 Å². The van der Waals surface area contributed by atoms with E-state index < -0.39 is 12.1 Å². The van der Waals surface area contributed by atoms with Crippen LogP contribution in [0, 0.1) is 0 Å². The molecule has 0 spiro atoms. The molecular formula is C20H28F3NO4. The van der Waals surface area contributed by atoms with Crippen LogP contribution in [0.4, 0.5) is 13.2 Å². The maximum absolute atomic E-state index is 10.6. The van der Waals surface area contributed by atoms with Gasteiger partial charge < -0.3 is 14.9 Å². The van der Waals surface area contributed by atoms with Crippen LogP contribution in [0.1, 0.15) is 42.7 Å². The number of alkyl halides is 3. The van der Waals surface area contributed by atoms with Gasteiger partial charge in [0.2, 0.25) is 0 Å². The minimum absolute atomic E-state index is 0.126. The van der Waals surface area contributed by atoms with Crippen LogP contribution in [0.25, 0.3) is 0 Å². The van der Waals surface area contributed by atoms with Crippen LogP contribution in [-0.4, -0.2) is 66.2 Å². The molecule has 5 nitrogen and oxygen atoms in total. The molecule has 8 heteroatoms. The summed E-state index contributed by atoms with van der Waals surface area (Å²) in [5, 5.41) is 16.7. The molecule has 1 aromatic rings. The lowest BCUT2D eigenvalue weighted by Crippen LogP contribution is -2.39. The number of methoxy groups -OCH3 is 1. The smallest absolute Gasteiger partial charge is 0.475 e. The number of likely N-dealkylation sites (tertiary alicyclic amines) is 1. The van der Waals surface area contributed by atoms with Gasteiger partial charge >= 0.3 is 12.1 Å². The number of aryl methyl sites for hydroxylation is 1. The molecule has 0 amide bonds. The molecule has 1 heterocycles. The van der Waals surface area contributed by atoms with Crippen molar-refractivity contribution in [2.24, 2.45) is 0 Å². The van der Waals surface area contributed by atoms with Crippen molar-refractivity contribution in [1.82, 2.24) is 4.90 Å². The lowest BCUT2D eigenvalue weighted by Gasteiger charge is -2.28. The number of benzene rings is 1. The highest BCUT2D eigenvalue weighted by Gasteiger charge is 2.39. The van der Waals surface area contributed by atoms with Gasteiger partial charge in [0.1, 0.15) is 5.60 Å². The first-order valence-electron chi connectivity index (χ1n) is 9.47. The summed E-state index contributed by atoms with van der Waals surface area (Å²) in [6.07, 6.45) is 1.00. The number of ether oxygens (including phenoxy) is 1. The van der Waals surface area contributed by atoms with Gasteiger partial charge in [-0.3, -0.25) is 4.90 Å². The Morgan fingerprint density at radius 2 is 2.00 bits per heavy atom. The lowest BCUT2D eigenvalue weighted by atomic mass is 9.92. The molecule has 1 fully saturated rings. The van der Waals surface area contributed by atoms with Gasteiger partial charge in [0, 0.05) is 26.7 Å². The van der Waals surface area contributed by atoms with Crippen LogP contribution in [0.5, 0.6) is 0 Å². The summed E-state index contributed by atoms with van der Waals surface area (Å²) in [5.74, 6) is -2.12. The number of carboxylic acids is 1. The highest BCUT2D eigenvalue weighted by molar-refractivity contribution is 5.73. The molecule has 0 radical (unpaired) electrons. The average Bonchev–Trinajstić information content (AvgIpc) is 2.97. The van der Waals surface area contributed by atoms with Gasteiger partial charge in [-0.25, -0.2) is 4.79 Å². The third kappa shape index (κ3) is 5.93. The number of nitrogens with zero attached hydrogens (tertiary/aromatic N) is 1. The van der Waals surface area contributed by atoms with Crippen LogP contribution in [0.3, 0.4) is 0 Å². The largest absolute Gasteiger partial charge is 0.490 e. The second-order valence-corrected chi connectivity index (χ2v) is 7.47. The van der Waals surface area contributed by atoms with Crippen LogP contribution in [-0.2, 0) is 16.0 Å². The van der Waals surface area contributed by atoms with Crippen molar-refractivity contribution in [2.75, 3.05) is 33.4 Å². The molecule has 1 aliphatic carbocycles. The Balaban J connectivity index is 0.000000345. The lowest BCUT2D eigenvalue weighted by molar-refractivity contribution is -0.192. The van der Waals surface area contributed by atoms with E-state index in [1.165, 1.54) is 25.7 Å². The zero-order valence-electron chi connectivity index (χ0n) is 16.0. The number of hydrogen-bond donors (Lipinski definition) is 2. The summed E-state index contributed by atoms with van der Waals surface area (Å²) >= 11 is 0. The molecule has 0 aromatic heterocycles. The van der Waals surface area contributed by atoms with E-state index in [1.54, 1.807) is 18.2 Å². The van der Waals surface area contributed by atoms with Crippen molar-refractivity contribution in [3.8, 4) is 0 Å².